The average Bonchev–Trinajstić information content (AvgIpc) is 3.19. The van der Waals surface area contributed by atoms with Crippen molar-refractivity contribution in [2.75, 3.05) is 6.54 Å². The van der Waals surface area contributed by atoms with E-state index in [0.717, 1.165) is 31.5 Å². The molecule has 0 saturated carbocycles. The second-order valence-electron chi connectivity index (χ2n) is 8.13. The van der Waals surface area contributed by atoms with Crippen molar-refractivity contribution in [2.45, 2.75) is 76.9 Å². The van der Waals surface area contributed by atoms with Crippen LogP contribution >= 0.6 is 0 Å². The van der Waals surface area contributed by atoms with Gasteiger partial charge in [-0.3, -0.25) is 9.48 Å². The van der Waals surface area contributed by atoms with E-state index in [-0.39, 0.29) is 6.04 Å². The minimum Gasteiger partial charge on any atom is -0.336 e. The minimum absolute atomic E-state index is 0.240. The molecule has 5 heteroatoms. The molecule has 24 heavy (non-hydrogen) atoms. The molecule has 3 aliphatic rings. The fourth-order valence-corrected chi connectivity index (χ4v) is 5.34. The van der Waals surface area contributed by atoms with Crippen molar-refractivity contribution in [1.29, 1.82) is 0 Å². The highest BCUT2D eigenvalue weighted by Crippen LogP contribution is 2.38. The van der Waals surface area contributed by atoms with Crippen molar-refractivity contribution in [2.24, 2.45) is 13.0 Å². The maximum absolute atomic E-state index is 13.0. The number of fused-ring (bicyclic) bond motifs is 2. The largest absolute Gasteiger partial charge is 0.336 e. The lowest BCUT2D eigenvalue weighted by Gasteiger charge is -2.31. The Morgan fingerprint density at radius 2 is 1.92 bits per heavy atom. The van der Waals surface area contributed by atoms with Crippen LogP contribution < -0.4 is 5.32 Å². The van der Waals surface area contributed by atoms with E-state index in [1.165, 1.54) is 36.9 Å². The lowest BCUT2D eigenvalue weighted by Crippen LogP contribution is -2.40. The van der Waals surface area contributed by atoms with Crippen LogP contribution in [-0.4, -0.2) is 39.2 Å². The third kappa shape index (κ3) is 2.77. The summed E-state index contributed by atoms with van der Waals surface area (Å²) in [7, 11) is 2.00. The van der Waals surface area contributed by atoms with E-state index in [0.29, 0.717) is 23.9 Å². The van der Waals surface area contributed by atoms with E-state index in [9.17, 15) is 4.79 Å². The number of carbonyl (C=O) groups excluding carboxylic acids is 1. The molecule has 1 aromatic rings. The molecule has 4 rings (SSSR count). The standard InChI is InChI=1S/C19H30N4O/c1-12-19(13(2)22(3)21-12)17-5-4-8-23(17)18(24)11-14-9-15-6-7-16(10-14)20-15/h14-17,20H,4-11H2,1-3H3. The molecule has 0 spiro atoms. The normalized spacial score (nSPS) is 32.5. The van der Waals surface area contributed by atoms with Gasteiger partial charge >= 0.3 is 0 Å². The maximum Gasteiger partial charge on any atom is 0.223 e. The van der Waals surface area contributed by atoms with Gasteiger partial charge < -0.3 is 10.2 Å². The molecule has 5 nitrogen and oxygen atoms in total. The van der Waals surface area contributed by atoms with Gasteiger partial charge in [-0.05, 0) is 58.3 Å². The Balaban J connectivity index is 1.47. The van der Waals surface area contributed by atoms with E-state index in [2.05, 4.69) is 29.2 Å². The zero-order chi connectivity index (χ0) is 16.8. The fraction of sp³-hybridized carbons (Fsp3) is 0.789. The first-order valence-electron chi connectivity index (χ1n) is 9.58. The third-order valence-electron chi connectivity index (χ3n) is 6.51. The lowest BCUT2D eigenvalue weighted by atomic mass is 9.89. The molecule has 3 atom stereocenters. The van der Waals surface area contributed by atoms with Crippen LogP contribution in [0.5, 0.6) is 0 Å². The molecule has 0 aliphatic carbocycles. The lowest BCUT2D eigenvalue weighted by molar-refractivity contribution is -0.133. The molecule has 2 bridgehead atoms. The van der Waals surface area contributed by atoms with Crippen LogP contribution in [0.15, 0.2) is 0 Å². The number of piperidine rings is 1. The fourth-order valence-electron chi connectivity index (χ4n) is 5.34. The molecule has 3 fully saturated rings. The summed E-state index contributed by atoms with van der Waals surface area (Å²) in [6.07, 6.45) is 7.91. The third-order valence-corrected chi connectivity index (χ3v) is 6.51. The van der Waals surface area contributed by atoms with Gasteiger partial charge in [0.25, 0.3) is 0 Å². The molecular weight excluding hydrogens is 300 g/mol. The van der Waals surface area contributed by atoms with E-state index < -0.39 is 0 Å². The first kappa shape index (κ1) is 16.1. The Bertz CT molecular complexity index is 626. The van der Waals surface area contributed by atoms with Gasteiger partial charge in [-0.25, -0.2) is 0 Å². The highest BCUT2D eigenvalue weighted by molar-refractivity contribution is 5.77. The number of aromatic nitrogens is 2. The van der Waals surface area contributed by atoms with Crippen molar-refractivity contribution in [1.82, 2.24) is 20.0 Å². The van der Waals surface area contributed by atoms with Crippen molar-refractivity contribution >= 4 is 5.91 Å². The SMILES string of the molecule is Cc1nn(C)c(C)c1C1CCCN1C(=O)CC1CC2CCC(C1)N2. The van der Waals surface area contributed by atoms with Crippen LogP contribution in [0.1, 0.15) is 67.9 Å². The van der Waals surface area contributed by atoms with E-state index in [1.807, 2.05) is 11.7 Å². The molecule has 3 aliphatic heterocycles. The monoisotopic (exact) mass is 330 g/mol. The summed E-state index contributed by atoms with van der Waals surface area (Å²) in [6, 6.07) is 1.57. The van der Waals surface area contributed by atoms with E-state index in [4.69, 9.17) is 0 Å². The highest BCUT2D eigenvalue weighted by Gasteiger charge is 2.37. The van der Waals surface area contributed by atoms with Gasteiger partial charge in [0, 0.05) is 43.4 Å². The molecule has 4 heterocycles. The summed E-state index contributed by atoms with van der Waals surface area (Å²) in [6.45, 7) is 5.11. The van der Waals surface area contributed by atoms with E-state index >= 15 is 0 Å². The summed E-state index contributed by atoms with van der Waals surface area (Å²) in [5.74, 6) is 0.944. The molecule has 0 radical (unpaired) electrons. The number of likely N-dealkylation sites (tertiary alicyclic amines) is 1. The van der Waals surface area contributed by atoms with Crippen molar-refractivity contribution in [3.8, 4) is 0 Å². The second kappa shape index (κ2) is 6.17. The molecule has 0 aromatic carbocycles. The predicted molar refractivity (Wildman–Crippen MR) is 93.7 cm³/mol. The van der Waals surface area contributed by atoms with Gasteiger partial charge in [0.15, 0.2) is 0 Å². The number of rotatable bonds is 3. The van der Waals surface area contributed by atoms with Gasteiger partial charge in [0.1, 0.15) is 0 Å². The minimum atomic E-state index is 0.240. The van der Waals surface area contributed by atoms with Gasteiger partial charge in [-0.1, -0.05) is 0 Å². The van der Waals surface area contributed by atoms with Gasteiger partial charge in [0.2, 0.25) is 5.91 Å². The van der Waals surface area contributed by atoms with Gasteiger partial charge in [-0.15, -0.1) is 0 Å². The second-order valence-corrected chi connectivity index (χ2v) is 8.13. The summed E-state index contributed by atoms with van der Waals surface area (Å²) in [5, 5.41) is 8.24. The summed E-state index contributed by atoms with van der Waals surface area (Å²) in [4.78, 5) is 15.2. The van der Waals surface area contributed by atoms with Crippen LogP contribution in [0.3, 0.4) is 0 Å². The number of hydrogen-bond acceptors (Lipinski definition) is 3. The molecule has 1 N–H and O–H groups in total. The molecule has 132 valence electrons. The van der Waals surface area contributed by atoms with Crippen LogP contribution in [0.4, 0.5) is 0 Å². The van der Waals surface area contributed by atoms with Crippen LogP contribution in [-0.2, 0) is 11.8 Å². The van der Waals surface area contributed by atoms with Crippen LogP contribution in [0, 0.1) is 19.8 Å². The Morgan fingerprint density at radius 3 is 2.54 bits per heavy atom. The number of carbonyl (C=O) groups is 1. The highest BCUT2D eigenvalue weighted by atomic mass is 16.2. The quantitative estimate of drug-likeness (QED) is 0.927. The molecule has 3 saturated heterocycles. The van der Waals surface area contributed by atoms with Crippen molar-refractivity contribution < 1.29 is 4.79 Å². The molecule has 3 unspecified atom stereocenters. The van der Waals surface area contributed by atoms with Crippen LogP contribution in [0.2, 0.25) is 0 Å². The summed E-state index contributed by atoms with van der Waals surface area (Å²) in [5.41, 5.74) is 3.57. The Kier molecular flexibility index (Phi) is 4.15. The maximum atomic E-state index is 13.0. The van der Waals surface area contributed by atoms with Gasteiger partial charge in [-0.2, -0.15) is 5.10 Å². The average molecular weight is 330 g/mol. The van der Waals surface area contributed by atoms with Crippen molar-refractivity contribution in [3.63, 3.8) is 0 Å². The zero-order valence-corrected chi connectivity index (χ0v) is 15.2. The molecular formula is C19H30N4O. The van der Waals surface area contributed by atoms with Crippen molar-refractivity contribution in [3.05, 3.63) is 17.0 Å². The van der Waals surface area contributed by atoms with E-state index in [1.54, 1.807) is 0 Å². The zero-order valence-electron chi connectivity index (χ0n) is 15.2. The smallest absolute Gasteiger partial charge is 0.223 e. The first-order valence-corrected chi connectivity index (χ1v) is 9.58. The number of hydrogen-bond donors (Lipinski definition) is 1. The Hall–Kier alpha value is -1.36. The molecule has 1 amide bonds. The number of amides is 1. The number of aryl methyl sites for hydroxylation is 2. The Morgan fingerprint density at radius 1 is 1.21 bits per heavy atom. The molecule has 1 aromatic heterocycles. The van der Waals surface area contributed by atoms with Crippen LogP contribution in [0.25, 0.3) is 0 Å². The van der Waals surface area contributed by atoms with Gasteiger partial charge in [0.05, 0.1) is 11.7 Å². The first-order chi connectivity index (χ1) is 11.5. The predicted octanol–water partition coefficient (Wildman–Crippen LogP) is 2.62. The number of nitrogens with zero attached hydrogens (tertiary/aromatic N) is 3. The summed E-state index contributed by atoms with van der Waals surface area (Å²) >= 11 is 0. The number of nitrogens with one attached hydrogen (secondary N) is 1. The topological polar surface area (TPSA) is 50.2 Å². The Labute approximate surface area is 144 Å². The summed E-state index contributed by atoms with van der Waals surface area (Å²) < 4.78 is 1.95.